The molecule has 0 spiro atoms. The lowest BCUT2D eigenvalue weighted by Crippen LogP contribution is -2.31. The quantitative estimate of drug-likeness (QED) is 0.725. The van der Waals surface area contributed by atoms with Crippen LogP contribution in [0.25, 0.3) is 11.3 Å². The summed E-state index contributed by atoms with van der Waals surface area (Å²) in [6, 6.07) is 3.70. The topological polar surface area (TPSA) is 63.9 Å². The molecule has 144 valence electrons. The number of allylic oxidation sites excluding steroid dienone is 1. The van der Waals surface area contributed by atoms with Crippen molar-refractivity contribution in [2.45, 2.75) is 46.5 Å². The van der Waals surface area contributed by atoms with Crippen molar-refractivity contribution in [1.82, 2.24) is 24.9 Å². The third kappa shape index (κ3) is 4.56. The number of pyridine rings is 1. The van der Waals surface area contributed by atoms with Crippen molar-refractivity contribution in [3.05, 3.63) is 40.9 Å². The smallest absolute Gasteiger partial charge is 0.222 e. The molecule has 27 heavy (non-hydrogen) atoms. The zero-order valence-corrected chi connectivity index (χ0v) is 16.9. The Balaban J connectivity index is 1.77. The molecule has 0 aromatic carbocycles. The second-order valence-electron chi connectivity index (χ2n) is 7.35. The van der Waals surface area contributed by atoms with Crippen molar-refractivity contribution < 1.29 is 4.79 Å². The molecule has 3 rings (SSSR count). The molecule has 6 nitrogen and oxygen atoms in total. The Morgan fingerprint density at radius 1 is 1.37 bits per heavy atom. The van der Waals surface area contributed by atoms with Crippen LogP contribution < -0.4 is 0 Å². The summed E-state index contributed by atoms with van der Waals surface area (Å²) in [4.78, 5) is 18.5. The summed E-state index contributed by atoms with van der Waals surface area (Å²) in [6.07, 6.45) is 7.14. The molecule has 1 aliphatic rings. The summed E-state index contributed by atoms with van der Waals surface area (Å²) in [5.74, 6) is 0.785. The molecule has 0 atom stereocenters. The molecule has 2 aromatic rings. The molecule has 0 fully saturated rings. The molecular weight excluding hydrogens is 362 g/mol. The van der Waals surface area contributed by atoms with Crippen molar-refractivity contribution in [1.29, 1.82) is 0 Å². The fraction of sp³-hybridized carbons (Fsp3) is 0.500. The van der Waals surface area contributed by atoms with Gasteiger partial charge in [0.2, 0.25) is 5.91 Å². The summed E-state index contributed by atoms with van der Waals surface area (Å²) in [6.45, 7) is 7.70. The highest BCUT2D eigenvalue weighted by Crippen LogP contribution is 2.26. The molecule has 0 saturated carbocycles. The van der Waals surface area contributed by atoms with Crippen molar-refractivity contribution in [3.8, 4) is 5.69 Å². The van der Waals surface area contributed by atoms with Gasteiger partial charge in [0.05, 0.1) is 5.69 Å². The molecule has 0 radical (unpaired) electrons. The minimum atomic E-state index is 0.240. The van der Waals surface area contributed by atoms with E-state index in [9.17, 15) is 4.79 Å². The number of carbonyl (C=O) groups excluding carboxylic acids is 1. The van der Waals surface area contributed by atoms with Crippen molar-refractivity contribution in [2.24, 2.45) is 5.92 Å². The molecule has 3 heterocycles. The van der Waals surface area contributed by atoms with Crippen LogP contribution in [0.2, 0.25) is 5.15 Å². The SMILES string of the molecule is Cc1c(C2=CCN(C(=O)CCC(C)C)CCC2)nnn1-c1cccnc1Cl. The van der Waals surface area contributed by atoms with Crippen LogP contribution in [0.1, 0.15) is 50.9 Å². The predicted octanol–water partition coefficient (Wildman–Crippen LogP) is 4.07. The standard InChI is InChI=1S/C20H26ClN5O/c1-14(2)8-9-18(27)25-12-5-6-16(10-13-25)19-15(3)26(24-23-19)17-7-4-11-22-20(17)21/h4,7,10-11,14H,5-6,8-9,12-13H2,1-3H3. The maximum absolute atomic E-state index is 12.4. The summed E-state index contributed by atoms with van der Waals surface area (Å²) in [5.41, 5.74) is 3.65. The summed E-state index contributed by atoms with van der Waals surface area (Å²) >= 11 is 6.20. The molecule has 0 bridgehead atoms. The first-order chi connectivity index (χ1) is 13.0. The Kier molecular flexibility index (Phi) is 6.26. The minimum Gasteiger partial charge on any atom is -0.339 e. The number of hydrogen-bond donors (Lipinski definition) is 0. The molecule has 0 N–H and O–H groups in total. The van der Waals surface area contributed by atoms with Gasteiger partial charge in [-0.1, -0.05) is 36.7 Å². The third-order valence-corrected chi connectivity index (χ3v) is 5.18. The molecule has 0 saturated heterocycles. The van der Waals surface area contributed by atoms with Gasteiger partial charge in [0, 0.05) is 25.7 Å². The van der Waals surface area contributed by atoms with Gasteiger partial charge >= 0.3 is 0 Å². The Labute approximate surface area is 165 Å². The lowest BCUT2D eigenvalue weighted by molar-refractivity contribution is -0.130. The Hall–Kier alpha value is -2.21. The highest BCUT2D eigenvalue weighted by Gasteiger charge is 2.20. The normalized spacial score (nSPS) is 15.0. The molecule has 2 aromatic heterocycles. The first-order valence-electron chi connectivity index (χ1n) is 9.47. The lowest BCUT2D eigenvalue weighted by Gasteiger charge is -2.19. The van der Waals surface area contributed by atoms with Gasteiger partial charge in [0.1, 0.15) is 11.4 Å². The highest BCUT2D eigenvalue weighted by molar-refractivity contribution is 6.31. The third-order valence-electron chi connectivity index (χ3n) is 4.89. The van der Waals surface area contributed by atoms with Gasteiger partial charge < -0.3 is 4.90 Å². The van der Waals surface area contributed by atoms with Gasteiger partial charge in [0.15, 0.2) is 5.15 Å². The van der Waals surface area contributed by atoms with Crippen LogP contribution >= 0.6 is 11.6 Å². The highest BCUT2D eigenvalue weighted by atomic mass is 35.5. The van der Waals surface area contributed by atoms with Crippen LogP contribution in [0.5, 0.6) is 0 Å². The van der Waals surface area contributed by atoms with Gasteiger partial charge in [-0.2, -0.15) is 0 Å². The lowest BCUT2D eigenvalue weighted by atomic mass is 10.1. The van der Waals surface area contributed by atoms with E-state index in [0.717, 1.165) is 48.5 Å². The van der Waals surface area contributed by atoms with E-state index in [1.807, 2.05) is 24.0 Å². The largest absolute Gasteiger partial charge is 0.339 e. The van der Waals surface area contributed by atoms with E-state index in [0.29, 0.717) is 24.0 Å². The average molecular weight is 388 g/mol. The Bertz CT molecular complexity index is 843. The Morgan fingerprint density at radius 2 is 2.19 bits per heavy atom. The van der Waals surface area contributed by atoms with Crippen molar-refractivity contribution in [3.63, 3.8) is 0 Å². The van der Waals surface area contributed by atoms with Gasteiger partial charge in [-0.25, -0.2) is 9.67 Å². The van der Waals surface area contributed by atoms with E-state index >= 15 is 0 Å². The predicted molar refractivity (Wildman–Crippen MR) is 107 cm³/mol. The van der Waals surface area contributed by atoms with E-state index in [1.165, 1.54) is 0 Å². The molecule has 1 aliphatic heterocycles. The van der Waals surface area contributed by atoms with Gasteiger partial charge in [0.25, 0.3) is 0 Å². The van der Waals surface area contributed by atoms with Crippen LogP contribution in [0, 0.1) is 12.8 Å². The van der Waals surface area contributed by atoms with Gasteiger partial charge in [-0.3, -0.25) is 4.79 Å². The van der Waals surface area contributed by atoms with Gasteiger partial charge in [-0.05, 0) is 49.8 Å². The van der Waals surface area contributed by atoms with E-state index in [4.69, 9.17) is 11.6 Å². The number of halogens is 1. The number of hydrogen-bond acceptors (Lipinski definition) is 4. The zero-order chi connectivity index (χ0) is 19.4. The second kappa shape index (κ2) is 8.65. The van der Waals surface area contributed by atoms with Crippen LogP contribution in [-0.4, -0.2) is 43.9 Å². The molecule has 0 aliphatic carbocycles. The maximum Gasteiger partial charge on any atom is 0.222 e. The van der Waals surface area contributed by atoms with Crippen molar-refractivity contribution >= 4 is 23.1 Å². The molecular formula is C20H26ClN5O. The number of nitrogens with zero attached hydrogens (tertiary/aromatic N) is 5. The second-order valence-corrected chi connectivity index (χ2v) is 7.71. The van der Waals surface area contributed by atoms with E-state index in [-0.39, 0.29) is 5.91 Å². The first kappa shape index (κ1) is 19.5. The van der Waals surface area contributed by atoms with Crippen LogP contribution in [0.15, 0.2) is 24.4 Å². The van der Waals surface area contributed by atoms with E-state index < -0.39 is 0 Å². The number of amides is 1. The fourth-order valence-corrected chi connectivity index (χ4v) is 3.48. The van der Waals surface area contributed by atoms with Crippen LogP contribution in [0.4, 0.5) is 0 Å². The zero-order valence-electron chi connectivity index (χ0n) is 16.2. The number of aromatic nitrogens is 4. The van der Waals surface area contributed by atoms with E-state index in [2.05, 4.69) is 35.2 Å². The van der Waals surface area contributed by atoms with Crippen LogP contribution in [-0.2, 0) is 4.79 Å². The maximum atomic E-state index is 12.4. The molecule has 0 unspecified atom stereocenters. The minimum absolute atomic E-state index is 0.240. The van der Waals surface area contributed by atoms with Gasteiger partial charge in [-0.15, -0.1) is 5.10 Å². The summed E-state index contributed by atoms with van der Waals surface area (Å²) in [5, 5.41) is 9.06. The summed E-state index contributed by atoms with van der Waals surface area (Å²) in [7, 11) is 0. The molecule has 1 amide bonds. The monoisotopic (exact) mass is 387 g/mol. The summed E-state index contributed by atoms with van der Waals surface area (Å²) < 4.78 is 1.72. The van der Waals surface area contributed by atoms with E-state index in [1.54, 1.807) is 10.9 Å². The van der Waals surface area contributed by atoms with Crippen molar-refractivity contribution in [2.75, 3.05) is 13.1 Å². The number of rotatable bonds is 5. The number of carbonyl (C=O) groups is 1. The Morgan fingerprint density at radius 3 is 2.93 bits per heavy atom. The first-order valence-corrected chi connectivity index (χ1v) is 9.85. The molecule has 7 heteroatoms. The average Bonchev–Trinajstić information content (AvgIpc) is 2.87. The van der Waals surface area contributed by atoms with Crippen LogP contribution in [0.3, 0.4) is 0 Å². The fourth-order valence-electron chi connectivity index (χ4n) is 3.28.